The lowest BCUT2D eigenvalue weighted by Crippen LogP contribution is -2.07. The number of pyridine rings is 1. The van der Waals surface area contributed by atoms with Gasteiger partial charge in [0, 0.05) is 24.7 Å². The number of hydrogen-bond donors (Lipinski definition) is 1. The minimum atomic E-state index is -4.51. The molecule has 0 spiro atoms. The van der Waals surface area contributed by atoms with E-state index in [1.165, 1.54) is 6.92 Å². The Balaban J connectivity index is 2.12. The molecule has 124 valence electrons. The summed E-state index contributed by atoms with van der Waals surface area (Å²) >= 11 is 6.00. The highest BCUT2D eigenvalue weighted by atomic mass is 35.5. The number of alkyl halides is 3. The summed E-state index contributed by atoms with van der Waals surface area (Å²) in [5.74, 6) is -0.0411. The average molecular weight is 354 g/mol. The van der Waals surface area contributed by atoms with Crippen molar-refractivity contribution < 1.29 is 18.0 Å². The minimum absolute atomic E-state index is 0.118. The van der Waals surface area contributed by atoms with Gasteiger partial charge in [0.25, 0.3) is 0 Å². The van der Waals surface area contributed by atoms with Gasteiger partial charge in [0.1, 0.15) is 0 Å². The standard InChI is InChI=1S/C16H11ClF3N3O/c1-9(24)22-13-3-2-4-14-11(13)5-6-23(14)15-12(17)7-10(8-21-15)16(18,19)20/h2-8H,1H3,(H,22,24). The molecule has 2 heterocycles. The second-order valence-corrected chi connectivity index (χ2v) is 5.54. The Morgan fingerprint density at radius 2 is 2.04 bits per heavy atom. The van der Waals surface area contributed by atoms with Crippen LogP contribution in [0.25, 0.3) is 16.7 Å². The number of carbonyl (C=O) groups excluding carboxylic acids is 1. The fraction of sp³-hybridized carbons (Fsp3) is 0.125. The largest absolute Gasteiger partial charge is 0.417 e. The number of hydrogen-bond acceptors (Lipinski definition) is 2. The zero-order valence-corrected chi connectivity index (χ0v) is 13.1. The van der Waals surface area contributed by atoms with Gasteiger partial charge < -0.3 is 5.32 Å². The molecule has 8 heteroatoms. The van der Waals surface area contributed by atoms with Crippen molar-refractivity contribution in [3.8, 4) is 5.82 Å². The monoisotopic (exact) mass is 353 g/mol. The van der Waals surface area contributed by atoms with Crippen LogP contribution in [0.15, 0.2) is 42.7 Å². The van der Waals surface area contributed by atoms with E-state index in [2.05, 4.69) is 10.3 Å². The molecule has 4 nitrogen and oxygen atoms in total. The summed E-state index contributed by atoms with van der Waals surface area (Å²) in [4.78, 5) is 15.1. The van der Waals surface area contributed by atoms with Gasteiger partial charge in [0.05, 0.1) is 21.8 Å². The third-order valence-corrected chi connectivity index (χ3v) is 3.70. The van der Waals surface area contributed by atoms with E-state index in [1.807, 2.05) is 0 Å². The van der Waals surface area contributed by atoms with Crippen molar-refractivity contribution in [3.63, 3.8) is 0 Å². The highest BCUT2D eigenvalue weighted by Crippen LogP contribution is 2.33. The van der Waals surface area contributed by atoms with Gasteiger partial charge in [-0.3, -0.25) is 9.36 Å². The molecule has 0 aliphatic heterocycles. The predicted molar refractivity (Wildman–Crippen MR) is 85.4 cm³/mol. The zero-order valence-electron chi connectivity index (χ0n) is 12.4. The van der Waals surface area contributed by atoms with Crippen LogP contribution in [-0.2, 0) is 11.0 Å². The maximum absolute atomic E-state index is 12.7. The number of rotatable bonds is 2. The fourth-order valence-corrected chi connectivity index (χ4v) is 2.67. The third kappa shape index (κ3) is 2.94. The Hall–Kier alpha value is -2.54. The molecule has 1 N–H and O–H groups in total. The predicted octanol–water partition coefficient (Wildman–Crippen LogP) is 4.66. The highest BCUT2D eigenvalue weighted by molar-refractivity contribution is 6.32. The van der Waals surface area contributed by atoms with Crippen molar-refractivity contribution in [2.24, 2.45) is 0 Å². The summed E-state index contributed by atoms with van der Waals surface area (Å²) in [6, 6.07) is 7.79. The Bertz CT molecular complexity index is 934. The van der Waals surface area contributed by atoms with Crippen LogP contribution in [0.1, 0.15) is 12.5 Å². The Kier molecular flexibility index (Phi) is 3.96. The van der Waals surface area contributed by atoms with Crippen LogP contribution in [0.3, 0.4) is 0 Å². The summed E-state index contributed by atoms with van der Waals surface area (Å²) in [7, 11) is 0. The smallest absolute Gasteiger partial charge is 0.326 e. The molecule has 3 aromatic rings. The molecular weight excluding hydrogens is 343 g/mol. The first-order valence-corrected chi connectivity index (χ1v) is 7.26. The molecule has 0 saturated carbocycles. The van der Waals surface area contributed by atoms with Gasteiger partial charge >= 0.3 is 6.18 Å². The van der Waals surface area contributed by atoms with Crippen molar-refractivity contribution in [1.29, 1.82) is 0 Å². The van der Waals surface area contributed by atoms with Gasteiger partial charge in [-0.1, -0.05) is 17.7 Å². The molecule has 0 aliphatic rings. The van der Waals surface area contributed by atoms with E-state index >= 15 is 0 Å². The van der Waals surface area contributed by atoms with Crippen LogP contribution < -0.4 is 5.32 Å². The number of benzene rings is 1. The van der Waals surface area contributed by atoms with Crippen molar-refractivity contribution in [2.75, 3.05) is 5.32 Å². The summed E-state index contributed by atoms with van der Waals surface area (Å²) in [6.07, 6.45) is -2.13. The van der Waals surface area contributed by atoms with Crippen molar-refractivity contribution >= 4 is 34.1 Å². The highest BCUT2D eigenvalue weighted by Gasteiger charge is 2.31. The van der Waals surface area contributed by atoms with Gasteiger partial charge in [-0.25, -0.2) is 4.98 Å². The topological polar surface area (TPSA) is 46.9 Å². The van der Waals surface area contributed by atoms with Gasteiger partial charge in [0.2, 0.25) is 5.91 Å². The minimum Gasteiger partial charge on any atom is -0.326 e. The van der Waals surface area contributed by atoms with E-state index in [0.717, 1.165) is 17.6 Å². The fourth-order valence-electron chi connectivity index (χ4n) is 2.41. The second-order valence-electron chi connectivity index (χ2n) is 5.13. The number of fused-ring (bicyclic) bond motifs is 1. The van der Waals surface area contributed by atoms with Crippen LogP contribution in [0, 0.1) is 0 Å². The van der Waals surface area contributed by atoms with Crippen LogP contribution in [0.4, 0.5) is 18.9 Å². The molecule has 1 aromatic carbocycles. The summed E-state index contributed by atoms with van der Waals surface area (Å²) < 4.78 is 39.7. The lowest BCUT2D eigenvalue weighted by molar-refractivity contribution is -0.137. The quantitative estimate of drug-likeness (QED) is 0.728. The van der Waals surface area contributed by atoms with Crippen molar-refractivity contribution in [3.05, 3.63) is 53.3 Å². The number of amides is 1. The lowest BCUT2D eigenvalue weighted by Gasteiger charge is -2.11. The molecule has 0 bridgehead atoms. The zero-order chi connectivity index (χ0) is 17.5. The molecule has 0 atom stereocenters. The van der Waals surface area contributed by atoms with Crippen LogP contribution >= 0.6 is 11.6 Å². The van der Waals surface area contributed by atoms with E-state index in [4.69, 9.17) is 11.6 Å². The first kappa shape index (κ1) is 16.3. The van der Waals surface area contributed by atoms with E-state index in [1.54, 1.807) is 35.0 Å². The van der Waals surface area contributed by atoms with Crippen LogP contribution in [-0.4, -0.2) is 15.5 Å². The third-order valence-electron chi connectivity index (χ3n) is 3.42. The molecule has 0 fully saturated rings. The van der Waals surface area contributed by atoms with E-state index in [0.29, 0.717) is 11.2 Å². The molecule has 0 radical (unpaired) electrons. The lowest BCUT2D eigenvalue weighted by atomic mass is 10.2. The number of anilines is 1. The second kappa shape index (κ2) is 5.83. The van der Waals surface area contributed by atoms with Gasteiger partial charge in [-0.05, 0) is 24.3 Å². The number of halogens is 4. The maximum Gasteiger partial charge on any atom is 0.417 e. The molecule has 0 saturated heterocycles. The average Bonchev–Trinajstić information content (AvgIpc) is 2.90. The van der Waals surface area contributed by atoms with E-state index < -0.39 is 11.7 Å². The summed E-state index contributed by atoms with van der Waals surface area (Å²) in [5.41, 5.74) is 0.351. The first-order valence-electron chi connectivity index (χ1n) is 6.88. The summed E-state index contributed by atoms with van der Waals surface area (Å²) in [6.45, 7) is 1.39. The molecule has 0 aliphatic carbocycles. The Labute approximate surface area is 139 Å². The van der Waals surface area contributed by atoms with Crippen molar-refractivity contribution in [2.45, 2.75) is 13.1 Å². The molecule has 0 unspecified atom stereocenters. The normalized spacial score (nSPS) is 11.7. The van der Waals surface area contributed by atoms with Crippen LogP contribution in [0.2, 0.25) is 5.02 Å². The Morgan fingerprint density at radius 1 is 1.29 bits per heavy atom. The molecule has 1 amide bonds. The SMILES string of the molecule is CC(=O)Nc1cccc2c1ccn2-c1ncc(C(F)(F)F)cc1Cl. The van der Waals surface area contributed by atoms with Crippen molar-refractivity contribution in [1.82, 2.24) is 9.55 Å². The first-order chi connectivity index (χ1) is 11.3. The molecule has 2 aromatic heterocycles. The Morgan fingerprint density at radius 3 is 2.67 bits per heavy atom. The van der Waals surface area contributed by atoms with Gasteiger partial charge in [-0.15, -0.1) is 0 Å². The van der Waals surface area contributed by atoms with Gasteiger partial charge in [0.15, 0.2) is 5.82 Å². The number of aromatic nitrogens is 2. The summed E-state index contributed by atoms with van der Waals surface area (Å²) in [5, 5.41) is 3.31. The number of nitrogens with one attached hydrogen (secondary N) is 1. The number of carbonyl (C=O) groups is 1. The molecular formula is C16H11ClF3N3O. The van der Waals surface area contributed by atoms with Gasteiger partial charge in [-0.2, -0.15) is 13.2 Å². The van der Waals surface area contributed by atoms with Crippen LogP contribution in [0.5, 0.6) is 0 Å². The number of nitrogens with zero attached hydrogens (tertiary/aromatic N) is 2. The maximum atomic E-state index is 12.7. The molecule has 24 heavy (non-hydrogen) atoms. The van der Waals surface area contributed by atoms with E-state index in [9.17, 15) is 18.0 Å². The van der Waals surface area contributed by atoms with E-state index in [-0.39, 0.29) is 16.7 Å². The molecule has 3 rings (SSSR count).